The fourth-order valence-electron chi connectivity index (χ4n) is 2.07. The van der Waals surface area contributed by atoms with E-state index in [1.54, 1.807) is 0 Å². The highest BCUT2D eigenvalue weighted by Crippen LogP contribution is 2.38. The molecule has 0 aliphatic rings. The van der Waals surface area contributed by atoms with E-state index in [2.05, 4.69) is 14.5 Å². The topological polar surface area (TPSA) is 48.4 Å². The Hall–Kier alpha value is -2.78. The van der Waals surface area contributed by atoms with Crippen LogP contribution in [0.2, 0.25) is 0 Å². The molecule has 1 aromatic heterocycles. The molecule has 134 valence electrons. The predicted molar refractivity (Wildman–Crippen MR) is 72.7 cm³/mol. The van der Waals surface area contributed by atoms with Crippen molar-refractivity contribution in [1.82, 2.24) is 4.98 Å². The number of nitrogens with zero attached hydrogens (tertiary/aromatic N) is 1. The second-order valence-electron chi connectivity index (χ2n) is 4.64. The third-order valence-electron chi connectivity index (χ3n) is 3.00. The van der Waals surface area contributed by atoms with Crippen LogP contribution in [0.1, 0.15) is 16.1 Å². The molecule has 10 heteroatoms. The van der Waals surface area contributed by atoms with Gasteiger partial charge in [-0.2, -0.15) is 13.2 Å². The largest absolute Gasteiger partial charge is 0.573 e. The van der Waals surface area contributed by atoms with Crippen LogP contribution in [0.4, 0.5) is 26.3 Å². The van der Waals surface area contributed by atoms with Crippen LogP contribution >= 0.6 is 0 Å². The summed E-state index contributed by atoms with van der Waals surface area (Å²) in [6.07, 6.45) is -9.04. The van der Waals surface area contributed by atoms with Crippen LogP contribution in [-0.4, -0.2) is 24.4 Å². The fourth-order valence-corrected chi connectivity index (χ4v) is 2.07. The number of rotatable bonds is 3. The van der Waals surface area contributed by atoms with E-state index in [9.17, 15) is 31.1 Å². The van der Waals surface area contributed by atoms with Gasteiger partial charge in [0.1, 0.15) is 5.75 Å². The van der Waals surface area contributed by atoms with Crippen LogP contribution in [0.15, 0.2) is 36.5 Å². The molecule has 1 heterocycles. The van der Waals surface area contributed by atoms with Crippen LogP contribution < -0.4 is 4.74 Å². The minimum Gasteiger partial charge on any atom is -0.465 e. The highest BCUT2D eigenvalue weighted by atomic mass is 19.4. The summed E-state index contributed by atoms with van der Waals surface area (Å²) in [5, 5.41) is 0. The third kappa shape index (κ3) is 4.40. The van der Waals surface area contributed by atoms with Gasteiger partial charge < -0.3 is 9.47 Å². The second kappa shape index (κ2) is 6.61. The molecular weight excluding hydrogens is 356 g/mol. The fraction of sp³-hybridized carbons (Fsp3) is 0.200. The summed E-state index contributed by atoms with van der Waals surface area (Å²) in [5.41, 5.74) is -2.55. The summed E-state index contributed by atoms with van der Waals surface area (Å²) >= 11 is 0. The van der Waals surface area contributed by atoms with E-state index in [4.69, 9.17) is 0 Å². The maximum atomic E-state index is 13.2. The number of ether oxygens (including phenoxy) is 2. The molecule has 0 unspecified atom stereocenters. The minimum atomic E-state index is -4.94. The Morgan fingerprint density at radius 3 is 2.08 bits per heavy atom. The molecule has 2 rings (SSSR count). The van der Waals surface area contributed by atoms with Gasteiger partial charge in [0.2, 0.25) is 0 Å². The standard InChI is InChI=1S/C15H9F6NO3/c1-24-13(23)10-6-7-22-12(14(16,17)18)11(10)8-2-4-9(5-3-8)25-15(19,20)21/h2-7H,1H3. The molecule has 0 saturated heterocycles. The number of carbonyl (C=O) groups excluding carboxylic acids is 1. The number of hydrogen-bond donors (Lipinski definition) is 0. The number of aromatic nitrogens is 1. The molecule has 0 aliphatic heterocycles. The highest BCUT2D eigenvalue weighted by molar-refractivity contribution is 5.98. The zero-order valence-electron chi connectivity index (χ0n) is 12.4. The van der Waals surface area contributed by atoms with Gasteiger partial charge in [-0.05, 0) is 23.8 Å². The van der Waals surface area contributed by atoms with Crippen molar-refractivity contribution in [3.63, 3.8) is 0 Å². The van der Waals surface area contributed by atoms with Gasteiger partial charge in [0.15, 0.2) is 5.69 Å². The van der Waals surface area contributed by atoms with Crippen molar-refractivity contribution in [2.24, 2.45) is 0 Å². The monoisotopic (exact) mass is 365 g/mol. The Kier molecular flexibility index (Phi) is 4.91. The number of hydrogen-bond acceptors (Lipinski definition) is 4. The maximum Gasteiger partial charge on any atom is 0.573 e. The lowest BCUT2D eigenvalue weighted by Crippen LogP contribution is -2.17. The summed E-state index contributed by atoms with van der Waals surface area (Å²) in [6, 6.07) is 4.60. The van der Waals surface area contributed by atoms with Crippen molar-refractivity contribution < 1.29 is 40.6 Å². The number of methoxy groups -OCH3 is 1. The van der Waals surface area contributed by atoms with Gasteiger partial charge in [0, 0.05) is 11.8 Å². The number of halogens is 6. The van der Waals surface area contributed by atoms with E-state index in [1.807, 2.05) is 0 Å². The SMILES string of the molecule is COC(=O)c1ccnc(C(F)(F)F)c1-c1ccc(OC(F)(F)F)cc1. The first kappa shape index (κ1) is 18.6. The van der Waals surface area contributed by atoms with E-state index >= 15 is 0 Å². The zero-order valence-corrected chi connectivity index (χ0v) is 12.4. The van der Waals surface area contributed by atoms with Gasteiger partial charge in [0.25, 0.3) is 0 Å². The van der Waals surface area contributed by atoms with Gasteiger partial charge >= 0.3 is 18.5 Å². The molecule has 0 spiro atoms. The van der Waals surface area contributed by atoms with Gasteiger partial charge in [-0.3, -0.25) is 4.98 Å². The Bertz CT molecular complexity index is 768. The molecule has 4 nitrogen and oxygen atoms in total. The normalized spacial score (nSPS) is 12.0. The molecule has 25 heavy (non-hydrogen) atoms. The number of benzene rings is 1. The smallest absolute Gasteiger partial charge is 0.465 e. The van der Waals surface area contributed by atoms with Crippen molar-refractivity contribution >= 4 is 5.97 Å². The quantitative estimate of drug-likeness (QED) is 0.596. The van der Waals surface area contributed by atoms with E-state index in [0.29, 0.717) is 0 Å². The molecule has 0 fully saturated rings. The summed E-state index contributed by atoms with van der Waals surface area (Å²) < 4.78 is 84.2. The summed E-state index contributed by atoms with van der Waals surface area (Å²) in [4.78, 5) is 15.0. The summed E-state index contributed by atoms with van der Waals surface area (Å²) in [6.45, 7) is 0. The molecule has 0 amide bonds. The van der Waals surface area contributed by atoms with E-state index < -0.39 is 41.1 Å². The Labute approximate surface area is 137 Å². The lowest BCUT2D eigenvalue weighted by Gasteiger charge is -2.15. The van der Waals surface area contributed by atoms with E-state index in [1.165, 1.54) is 0 Å². The Balaban J connectivity index is 2.58. The molecule has 0 saturated carbocycles. The highest BCUT2D eigenvalue weighted by Gasteiger charge is 2.38. The number of carbonyl (C=O) groups is 1. The van der Waals surface area contributed by atoms with Gasteiger partial charge in [0.05, 0.1) is 12.7 Å². The molecule has 0 radical (unpaired) electrons. The summed E-state index contributed by atoms with van der Waals surface area (Å²) in [5.74, 6) is -1.66. The summed E-state index contributed by atoms with van der Waals surface area (Å²) in [7, 11) is 0.986. The maximum absolute atomic E-state index is 13.2. The second-order valence-corrected chi connectivity index (χ2v) is 4.64. The van der Waals surface area contributed by atoms with Crippen LogP contribution in [0.25, 0.3) is 11.1 Å². The first-order chi connectivity index (χ1) is 11.5. The molecule has 1 aromatic carbocycles. The van der Waals surface area contributed by atoms with Crippen molar-refractivity contribution in [1.29, 1.82) is 0 Å². The molecule has 0 atom stereocenters. The molecule has 0 aliphatic carbocycles. The average Bonchev–Trinajstić information content (AvgIpc) is 2.52. The molecule has 0 N–H and O–H groups in total. The van der Waals surface area contributed by atoms with Crippen LogP contribution in [0, 0.1) is 0 Å². The van der Waals surface area contributed by atoms with E-state index in [0.717, 1.165) is 43.6 Å². The van der Waals surface area contributed by atoms with E-state index in [-0.39, 0.29) is 5.56 Å². The van der Waals surface area contributed by atoms with Crippen molar-refractivity contribution in [2.75, 3.05) is 7.11 Å². The molecular formula is C15H9F6NO3. The first-order valence-corrected chi connectivity index (χ1v) is 6.53. The first-order valence-electron chi connectivity index (χ1n) is 6.53. The lowest BCUT2D eigenvalue weighted by molar-refractivity contribution is -0.274. The van der Waals surface area contributed by atoms with Gasteiger partial charge in [-0.25, -0.2) is 4.79 Å². The van der Waals surface area contributed by atoms with Crippen molar-refractivity contribution in [3.8, 4) is 16.9 Å². The van der Waals surface area contributed by atoms with Crippen molar-refractivity contribution in [2.45, 2.75) is 12.5 Å². The zero-order chi connectivity index (χ0) is 18.8. The average molecular weight is 365 g/mol. The Morgan fingerprint density at radius 2 is 1.60 bits per heavy atom. The number of pyridine rings is 1. The molecule has 0 bridgehead atoms. The Morgan fingerprint density at radius 1 is 1.00 bits per heavy atom. The van der Waals surface area contributed by atoms with Crippen LogP contribution in [-0.2, 0) is 10.9 Å². The minimum absolute atomic E-state index is 0.171. The third-order valence-corrected chi connectivity index (χ3v) is 3.00. The van der Waals surface area contributed by atoms with Crippen LogP contribution in [0.3, 0.4) is 0 Å². The number of alkyl halides is 6. The predicted octanol–water partition coefficient (Wildman–Crippen LogP) is 4.45. The van der Waals surface area contributed by atoms with Gasteiger partial charge in [-0.15, -0.1) is 13.2 Å². The van der Waals surface area contributed by atoms with Gasteiger partial charge in [-0.1, -0.05) is 12.1 Å². The number of esters is 1. The lowest BCUT2D eigenvalue weighted by atomic mass is 9.98. The van der Waals surface area contributed by atoms with Crippen molar-refractivity contribution in [3.05, 3.63) is 47.8 Å². The molecule has 2 aromatic rings. The van der Waals surface area contributed by atoms with Crippen LogP contribution in [0.5, 0.6) is 5.75 Å².